The van der Waals surface area contributed by atoms with Gasteiger partial charge in [-0.2, -0.15) is 5.10 Å². The van der Waals surface area contributed by atoms with Crippen LogP contribution in [0.15, 0.2) is 10.4 Å². The van der Waals surface area contributed by atoms with E-state index in [0.717, 1.165) is 49.7 Å². The third kappa shape index (κ3) is 5.83. The fraction of sp³-hybridized carbons (Fsp3) is 0.632. The third-order valence-corrected chi connectivity index (χ3v) is 5.41. The van der Waals surface area contributed by atoms with E-state index in [9.17, 15) is 0 Å². The summed E-state index contributed by atoms with van der Waals surface area (Å²) >= 11 is 1.74. The van der Waals surface area contributed by atoms with Crippen LogP contribution in [0.25, 0.3) is 0 Å². The van der Waals surface area contributed by atoms with Gasteiger partial charge in [0.05, 0.1) is 10.7 Å². The van der Waals surface area contributed by atoms with Crippen molar-refractivity contribution in [2.75, 3.05) is 13.1 Å². The van der Waals surface area contributed by atoms with Crippen molar-refractivity contribution in [3.63, 3.8) is 0 Å². The number of aromatic nitrogens is 3. The van der Waals surface area contributed by atoms with Gasteiger partial charge in [0.2, 0.25) is 0 Å². The standard InChI is InChI=1S/C19H32N6S/c1-7-20-19(21-10-8-9-18-22-14(3)12-26-18)23-13(2)11-17-15(4)24-25(6)16(17)5/h12-13H,7-11H2,1-6H3,(H2,20,21,23). The monoisotopic (exact) mass is 376 g/mol. The van der Waals surface area contributed by atoms with Crippen LogP contribution in [-0.4, -0.2) is 39.9 Å². The Labute approximate surface area is 161 Å². The predicted molar refractivity (Wildman–Crippen MR) is 110 cm³/mol. The molecule has 144 valence electrons. The number of hydrogen-bond donors (Lipinski definition) is 2. The zero-order valence-corrected chi connectivity index (χ0v) is 17.7. The maximum absolute atomic E-state index is 4.72. The summed E-state index contributed by atoms with van der Waals surface area (Å²) in [5.41, 5.74) is 4.77. The van der Waals surface area contributed by atoms with Gasteiger partial charge in [-0.05, 0) is 53.0 Å². The molecule has 0 saturated heterocycles. The van der Waals surface area contributed by atoms with Crippen molar-refractivity contribution in [3.8, 4) is 0 Å². The van der Waals surface area contributed by atoms with Crippen LogP contribution >= 0.6 is 11.3 Å². The molecule has 0 bridgehead atoms. The van der Waals surface area contributed by atoms with E-state index in [1.807, 2.05) is 18.7 Å². The van der Waals surface area contributed by atoms with Crippen LogP contribution in [-0.2, 0) is 19.9 Å². The Bertz CT molecular complexity index is 730. The van der Waals surface area contributed by atoms with Crippen molar-refractivity contribution in [2.24, 2.45) is 12.0 Å². The Kier molecular flexibility index (Phi) is 7.63. The van der Waals surface area contributed by atoms with Crippen LogP contribution in [0.5, 0.6) is 0 Å². The summed E-state index contributed by atoms with van der Waals surface area (Å²) in [5, 5.41) is 14.7. The molecule has 2 heterocycles. The molecule has 1 atom stereocenters. The normalized spacial score (nSPS) is 13.1. The lowest BCUT2D eigenvalue weighted by atomic mass is 10.1. The molecule has 2 rings (SSSR count). The minimum absolute atomic E-state index is 0.288. The molecule has 1 unspecified atom stereocenters. The molecule has 26 heavy (non-hydrogen) atoms. The minimum atomic E-state index is 0.288. The molecule has 0 aliphatic carbocycles. The highest BCUT2D eigenvalue weighted by Gasteiger charge is 2.14. The Morgan fingerprint density at radius 3 is 2.69 bits per heavy atom. The number of guanidine groups is 1. The fourth-order valence-corrected chi connectivity index (χ4v) is 3.78. The molecule has 0 radical (unpaired) electrons. The van der Waals surface area contributed by atoms with Gasteiger partial charge in [0, 0.05) is 49.4 Å². The van der Waals surface area contributed by atoms with Gasteiger partial charge in [-0.25, -0.2) is 4.98 Å². The summed E-state index contributed by atoms with van der Waals surface area (Å²) in [6, 6.07) is 0.288. The molecule has 0 fully saturated rings. The number of hydrogen-bond acceptors (Lipinski definition) is 4. The van der Waals surface area contributed by atoms with Crippen molar-refractivity contribution in [2.45, 2.75) is 59.9 Å². The molecule has 2 N–H and O–H groups in total. The van der Waals surface area contributed by atoms with Gasteiger partial charge >= 0.3 is 0 Å². The second-order valence-corrected chi connectivity index (χ2v) is 7.71. The highest BCUT2D eigenvalue weighted by molar-refractivity contribution is 7.09. The van der Waals surface area contributed by atoms with E-state index >= 15 is 0 Å². The molecule has 0 amide bonds. The fourth-order valence-electron chi connectivity index (χ4n) is 2.96. The average molecular weight is 377 g/mol. The predicted octanol–water partition coefficient (Wildman–Crippen LogP) is 2.92. The first-order chi connectivity index (χ1) is 12.4. The van der Waals surface area contributed by atoms with E-state index in [4.69, 9.17) is 4.99 Å². The topological polar surface area (TPSA) is 67.1 Å². The largest absolute Gasteiger partial charge is 0.357 e. The Morgan fingerprint density at radius 1 is 1.35 bits per heavy atom. The SMILES string of the molecule is CCNC(=NCCCc1nc(C)cs1)NC(C)Cc1c(C)nn(C)c1C. The Morgan fingerprint density at radius 2 is 2.12 bits per heavy atom. The molecule has 6 nitrogen and oxygen atoms in total. The second kappa shape index (κ2) is 9.71. The van der Waals surface area contributed by atoms with E-state index < -0.39 is 0 Å². The van der Waals surface area contributed by atoms with Crippen molar-refractivity contribution in [3.05, 3.63) is 33.0 Å². The van der Waals surface area contributed by atoms with Crippen LogP contribution in [0, 0.1) is 20.8 Å². The molecular formula is C19H32N6S. The minimum Gasteiger partial charge on any atom is -0.357 e. The van der Waals surface area contributed by atoms with Crippen molar-refractivity contribution < 1.29 is 0 Å². The van der Waals surface area contributed by atoms with Crippen LogP contribution in [0.1, 0.15) is 47.9 Å². The van der Waals surface area contributed by atoms with Crippen LogP contribution in [0.4, 0.5) is 0 Å². The number of aryl methyl sites for hydroxylation is 4. The lowest BCUT2D eigenvalue weighted by Crippen LogP contribution is -2.43. The molecular weight excluding hydrogens is 344 g/mol. The maximum atomic E-state index is 4.72. The van der Waals surface area contributed by atoms with Crippen molar-refractivity contribution >= 4 is 17.3 Å². The molecule has 0 saturated carbocycles. The average Bonchev–Trinajstić information content (AvgIpc) is 3.10. The van der Waals surface area contributed by atoms with Gasteiger partial charge in [0.15, 0.2) is 5.96 Å². The molecule has 0 aromatic carbocycles. The van der Waals surface area contributed by atoms with Crippen molar-refractivity contribution in [1.82, 2.24) is 25.4 Å². The summed E-state index contributed by atoms with van der Waals surface area (Å²) in [5.74, 6) is 0.884. The maximum Gasteiger partial charge on any atom is 0.191 e. The van der Waals surface area contributed by atoms with Gasteiger partial charge in [-0.3, -0.25) is 9.67 Å². The molecule has 7 heteroatoms. The number of aliphatic imine (C=N–C) groups is 1. The van der Waals surface area contributed by atoms with Gasteiger partial charge in [-0.1, -0.05) is 0 Å². The molecule has 0 aliphatic rings. The van der Waals surface area contributed by atoms with E-state index in [1.54, 1.807) is 11.3 Å². The first-order valence-electron chi connectivity index (χ1n) is 9.35. The summed E-state index contributed by atoms with van der Waals surface area (Å²) in [6.45, 7) is 12.2. The van der Waals surface area contributed by atoms with Crippen LogP contribution in [0.3, 0.4) is 0 Å². The van der Waals surface area contributed by atoms with Gasteiger partial charge in [-0.15, -0.1) is 11.3 Å². The molecule has 2 aromatic rings. The highest BCUT2D eigenvalue weighted by atomic mass is 32.1. The zero-order chi connectivity index (χ0) is 19.1. The van der Waals surface area contributed by atoms with E-state index in [1.165, 1.54) is 16.3 Å². The number of nitrogens with one attached hydrogen (secondary N) is 2. The van der Waals surface area contributed by atoms with Crippen LogP contribution in [0.2, 0.25) is 0 Å². The highest BCUT2D eigenvalue weighted by Crippen LogP contribution is 2.14. The smallest absolute Gasteiger partial charge is 0.191 e. The third-order valence-electron chi connectivity index (χ3n) is 4.38. The lowest BCUT2D eigenvalue weighted by Gasteiger charge is -2.18. The van der Waals surface area contributed by atoms with E-state index in [0.29, 0.717) is 0 Å². The van der Waals surface area contributed by atoms with Gasteiger partial charge in [0.1, 0.15) is 0 Å². The zero-order valence-electron chi connectivity index (χ0n) is 16.9. The summed E-state index contributed by atoms with van der Waals surface area (Å²) in [6.07, 6.45) is 2.94. The molecule has 0 aliphatic heterocycles. The summed E-state index contributed by atoms with van der Waals surface area (Å²) in [4.78, 5) is 9.23. The first-order valence-corrected chi connectivity index (χ1v) is 10.2. The number of nitrogens with zero attached hydrogens (tertiary/aromatic N) is 4. The molecule has 2 aromatic heterocycles. The second-order valence-electron chi connectivity index (χ2n) is 6.77. The van der Waals surface area contributed by atoms with Gasteiger partial charge < -0.3 is 10.6 Å². The summed E-state index contributed by atoms with van der Waals surface area (Å²) < 4.78 is 1.96. The van der Waals surface area contributed by atoms with E-state index in [2.05, 4.69) is 53.8 Å². The first kappa shape index (κ1) is 20.4. The lowest BCUT2D eigenvalue weighted by molar-refractivity contribution is 0.634. The van der Waals surface area contributed by atoms with Crippen LogP contribution < -0.4 is 10.6 Å². The van der Waals surface area contributed by atoms with E-state index in [-0.39, 0.29) is 6.04 Å². The number of thiazole rings is 1. The summed E-state index contributed by atoms with van der Waals surface area (Å²) in [7, 11) is 2.00. The number of rotatable bonds is 8. The molecule has 0 spiro atoms. The Balaban J connectivity index is 1.87. The Hall–Kier alpha value is -1.89. The van der Waals surface area contributed by atoms with Gasteiger partial charge in [0.25, 0.3) is 0 Å². The quantitative estimate of drug-likeness (QED) is 0.422. The van der Waals surface area contributed by atoms with Crippen molar-refractivity contribution in [1.29, 1.82) is 0 Å².